The second-order valence-corrected chi connectivity index (χ2v) is 4.40. The van der Waals surface area contributed by atoms with Gasteiger partial charge >= 0.3 is 5.97 Å². The molecule has 2 atom stereocenters. The number of carboxylic acids is 1. The first-order valence-electron chi connectivity index (χ1n) is 4.84. The molecule has 0 amide bonds. The molecule has 78 valence electrons. The fourth-order valence-corrected chi connectivity index (χ4v) is 1.40. The lowest BCUT2D eigenvalue weighted by atomic mass is 9.85. The Labute approximate surface area is 80.3 Å². The van der Waals surface area contributed by atoms with E-state index in [4.69, 9.17) is 10.8 Å². The van der Waals surface area contributed by atoms with Gasteiger partial charge in [0, 0.05) is 6.04 Å². The summed E-state index contributed by atoms with van der Waals surface area (Å²) >= 11 is 0. The second kappa shape index (κ2) is 5.22. The number of hydrogen-bond acceptors (Lipinski definition) is 2. The summed E-state index contributed by atoms with van der Waals surface area (Å²) in [6, 6.07) is -0.236. The molecule has 0 saturated carbocycles. The average Bonchev–Trinajstić information content (AvgIpc) is 1.97. The Kier molecular flexibility index (Phi) is 4.99. The van der Waals surface area contributed by atoms with Gasteiger partial charge < -0.3 is 10.8 Å². The van der Waals surface area contributed by atoms with E-state index in [9.17, 15) is 4.79 Å². The van der Waals surface area contributed by atoms with Crippen molar-refractivity contribution < 1.29 is 9.90 Å². The molecule has 0 bridgehead atoms. The van der Waals surface area contributed by atoms with E-state index < -0.39 is 11.9 Å². The van der Waals surface area contributed by atoms with Gasteiger partial charge in [-0.2, -0.15) is 0 Å². The molecular formula is C10H21NO2. The van der Waals surface area contributed by atoms with Gasteiger partial charge in [-0.3, -0.25) is 4.79 Å². The van der Waals surface area contributed by atoms with Crippen LogP contribution in [0, 0.1) is 17.8 Å². The van der Waals surface area contributed by atoms with Gasteiger partial charge in [0.2, 0.25) is 0 Å². The molecule has 0 aliphatic carbocycles. The maximum Gasteiger partial charge on any atom is 0.308 e. The minimum atomic E-state index is -0.769. The molecule has 0 spiro atoms. The average molecular weight is 187 g/mol. The molecule has 0 aromatic heterocycles. The smallest absolute Gasteiger partial charge is 0.308 e. The molecule has 0 aromatic rings. The molecule has 3 nitrogen and oxygen atoms in total. The van der Waals surface area contributed by atoms with Crippen molar-refractivity contribution in [3.05, 3.63) is 0 Å². The van der Waals surface area contributed by atoms with Crippen LogP contribution >= 0.6 is 0 Å². The van der Waals surface area contributed by atoms with Crippen molar-refractivity contribution in [1.29, 1.82) is 0 Å². The summed E-state index contributed by atoms with van der Waals surface area (Å²) in [5.74, 6) is -0.569. The summed E-state index contributed by atoms with van der Waals surface area (Å²) in [5, 5.41) is 8.96. The quantitative estimate of drug-likeness (QED) is 0.688. The van der Waals surface area contributed by atoms with E-state index in [0.29, 0.717) is 12.3 Å². The Balaban J connectivity index is 4.33. The monoisotopic (exact) mass is 187 g/mol. The predicted octanol–water partition coefficient (Wildman–Crippen LogP) is 1.72. The molecule has 0 fully saturated rings. The van der Waals surface area contributed by atoms with Crippen molar-refractivity contribution in [1.82, 2.24) is 0 Å². The summed E-state index contributed by atoms with van der Waals surface area (Å²) in [4.78, 5) is 10.9. The van der Waals surface area contributed by atoms with Gasteiger partial charge in [0.15, 0.2) is 0 Å². The van der Waals surface area contributed by atoms with E-state index in [2.05, 4.69) is 0 Å². The summed E-state index contributed by atoms with van der Waals surface area (Å²) in [6.07, 6.45) is 0.661. The molecule has 0 heterocycles. The Hall–Kier alpha value is -0.570. The molecule has 3 heteroatoms. The molecule has 0 saturated heterocycles. The summed E-state index contributed by atoms with van der Waals surface area (Å²) in [7, 11) is 0. The topological polar surface area (TPSA) is 63.3 Å². The van der Waals surface area contributed by atoms with Crippen LogP contribution in [0.4, 0.5) is 0 Å². The number of rotatable bonds is 5. The van der Waals surface area contributed by atoms with Gasteiger partial charge in [-0.05, 0) is 18.3 Å². The van der Waals surface area contributed by atoms with Crippen LogP contribution in [0.1, 0.15) is 34.1 Å². The zero-order chi connectivity index (χ0) is 10.6. The highest BCUT2D eigenvalue weighted by molar-refractivity contribution is 5.70. The standard InChI is InChI=1S/C10H21NO2/c1-6(2)5-8(10(12)13)9(11)7(3)4/h6-9H,5,11H2,1-4H3,(H,12,13). The van der Waals surface area contributed by atoms with Gasteiger partial charge in [-0.15, -0.1) is 0 Å². The largest absolute Gasteiger partial charge is 0.481 e. The third kappa shape index (κ3) is 4.27. The molecule has 0 rings (SSSR count). The van der Waals surface area contributed by atoms with Gasteiger partial charge in [0.05, 0.1) is 5.92 Å². The van der Waals surface area contributed by atoms with E-state index in [0.717, 1.165) is 0 Å². The van der Waals surface area contributed by atoms with Crippen LogP contribution in [-0.4, -0.2) is 17.1 Å². The van der Waals surface area contributed by atoms with E-state index in [1.807, 2.05) is 27.7 Å². The summed E-state index contributed by atoms with van der Waals surface area (Å²) < 4.78 is 0. The van der Waals surface area contributed by atoms with Gasteiger partial charge in [-0.25, -0.2) is 0 Å². The van der Waals surface area contributed by atoms with E-state index >= 15 is 0 Å². The number of carbonyl (C=O) groups is 1. The van der Waals surface area contributed by atoms with E-state index in [1.54, 1.807) is 0 Å². The molecule has 0 radical (unpaired) electrons. The van der Waals surface area contributed by atoms with Gasteiger partial charge in [-0.1, -0.05) is 27.7 Å². The van der Waals surface area contributed by atoms with Crippen molar-refractivity contribution >= 4 is 5.97 Å². The highest BCUT2D eigenvalue weighted by Gasteiger charge is 2.27. The van der Waals surface area contributed by atoms with Crippen LogP contribution in [0.5, 0.6) is 0 Å². The first-order valence-corrected chi connectivity index (χ1v) is 4.84. The Morgan fingerprint density at radius 1 is 1.31 bits per heavy atom. The fraction of sp³-hybridized carbons (Fsp3) is 0.900. The lowest BCUT2D eigenvalue weighted by Crippen LogP contribution is -2.40. The maximum atomic E-state index is 10.9. The van der Waals surface area contributed by atoms with Crippen molar-refractivity contribution in [2.45, 2.75) is 40.2 Å². The van der Waals surface area contributed by atoms with Gasteiger partial charge in [0.1, 0.15) is 0 Å². The number of carboxylic acid groups (broad SMARTS) is 1. The fourth-order valence-electron chi connectivity index (χ4n) is 1.40. The zero-order valence-corrected chi connectivity index (χ0v) is 8.95. The van der Waals surface area contributed by atoms with Crippen LogP contribution in [0.3, 0.4) is 0 Å². The number of hydrogen-bond donors (Lipinski definition) is 2. The van der Waals surface area contributed by atoms with E-state index in [1.165, 1.54) is 0 Å². The zero-order valence-electron chi connectivity index (χ0n) is 8.95. The normalized spacial score (nSPS) is 16.2. The van der Waals surface area contributed by atoms with Crippen LogP contribution in [0.2, 0.25) is 0 Å². The molecule has 13 heavy (non-hydrogen) atoms. The first kappa shape index (κ1) is 12.4. The minimum Gasteiger partial charge on any atom is -0.481 e. The van der Waals surface area contributed by atoms with Crippen molar-refractivity contribution in [3.8, 4) is 0 Å². The highest BCUT2D eigenvalue weighted by atomic mass is 16.4. The molecule has 0 aromatic carbocycles. The predicted molar refractivity (Wildman–Crippen MR) is 53.4 cm³/mol. The molecule has 0 aliphatic heterocycles. The second-order valence-electron chi connectivity index (χ2n) is 4.40. The van der Waals surface area contributed by atoms with Crippen LogP contribution in [0.25, 0.3) is 0 Å². The van der Waals surface area contributed by atoms with Crippen LogP contribution < -0.4 is 5.73 Å². The number of aliphatic carboxylic acids is 1. The Bertz CT molecular complexity index is 166. The summed E-state index contributed by atoms with van der Waals surface area (Å²) in [5.41, 5.74) is 5.83. The van der Waals surface area contributed by atoms with Crippen molar-refractivity contribution in [2.75, 3.05) is 0 Å². The maximum absolute atomic E-state index is 10.9. The van der Waals surface area contributed by atoms with Crippen LogP contribution in [0.15, 0.2) is 0 Å². The third-order valence-electron chi connectivity index (χ3n) is 2.28. The SMILES string of the molecule is CC(C)CC(C(=O)O)C(N)C(C)C. The Morgan fingerprint density at radius 2 is 1.77 bits per heavy atom. The van der Waals surface area contributed by atoms with Crippen LogP contribution in [-0.2, 0) is 4.79 Å². The lowest BCUT2D eigenvalue weighted by Gasteiger charge is -2.24. The molecule has 0 aliphatic rings. The number of nitrogens with two attached hydrogens (primary N) is 1. The highest BCUT2D eigenvalue weighted by Crippen LogP contribution is 2.19. The third-order valence-corrected chi connectivity index (χ3v) is 2.28. The Morgan fingerprint density at radius 3 is 2.00 bits per heavy atom. The first-order chi connectivity index (χ1) is 5.86. The molecule has 3 N–H and O–H groups in total. The minimum absolute atomic E-state index is 0.222. The van der Waals surface area contributed by atoms with E-state index in [-0.39, 0.29) is 12.0 Å². The summed E-state index contributed by atoms with van der Waals surface area (Å²) in [6.45, 7) is 7.95. The lowest BCUT2D eigenvalue weighted by molar-refractivity contribution is -0.143. The molecular weight excluding hydrogens is 166 g/mol. The molecule has 2 unspecified atom stereocenters. The van der Waals surface area contributed by atoms with Gasteiger partial charge in [0.25, 0.3) is 0 Å². The van der Waals surface area contributed by atoms with Crippen molar-refractivity contribution in [3.63, 3.8) is 0 Å². The van der Waals surface area contributed by atoms with Crippen molar-refractivity contribution in [2.24, 2.45) is 23.5 Å².